The molecule has 0 aromatic carbocycles. The molecule has 1 aliphatic rings. The number of hydrogen-bond acceptors (Lipinski definition) is 3. The van der Waals surface area contributed by atoms with Crippen molar-refractivity contribution in [2.75, 3.05) is 24.6 Å². The highest BCUT2D eigenvalue weighted by Gasteiger charge is 2.24. The molecule has 2 N–H and O–H groups in total. The van der Waals surface area contributed by atoms with Crippen LogP contribution in [0.4, 0.5) is 0 Å². The Hall–Kier alpha value is -0.220. The molecule has 0 bridgehead atoms. The third kappa shape index (κ3) is 2.88. The molecule has 0 radical (unpaired) electrons. The lowest BCUT2D eigenvalue weighted by atomic mass is 10.2. The van der Waals surface area contributed by atoms with Crippen molar-refractivity contribution in [3.8, 4) is 0 Å². The van der Waals surface area contributed by atoms with E-state index in [2.05, 4.69) is 0 Å². The molecule has 4 heteroatoms. The molecule has 76 valence electrons. The van der Waals surface area contributed by atoms with Gasteiger partial charge in [0.05, 0.1) is 0 Å². The third-order valence-electron chi connectivity index (χ3n) is 2.37. The van der Waals surface area contributed by atoms with E-state index < -0.39 is 0 Å². The van der Waals surface area contributed by atoms with Crippen molar-refractivity contribution in [3.63, 3.8) is 0 Å². The Balaban J connectivity index is 2.44. The maximum Gasteiger partial charge on any atom is 0.224 e. The van der Waals surface area contributed by atoms with Crippen molar-refractivity contribution in [2.45, 2.75) is 25.8 Å². The van der Waals surface area contributed by atoms with Crippen molar-refractivity contribution in [1.82, 2.24) is 4.90 Å². The zero-order valence-electron chi connectivity index (χ0n) is 8.16. The highest BCUT2D eigenvalue weighted by Crippen LogP contribution is 2.22. The lowest BCUT2D eigenvalue weighted by molar-refractivity contribution is -0.132. The lowest BCUT2D eigenvalue weighted by Crippen LogP contribution is -2.40. The predicted molar refractivity (Wildman–Crippen MR) is 56.8 cm³/mol. The molecule has 1 atom stereocenters. The molecule has 1 amide bonds. The van der Waals surface area contributed by atoms with E-state index in [-0.39, 0.29) is 5.91 Å². The average molecular weight is 202 g/mol. The quantitative estimate of drug-likeness (QED) is 0.729. The smallest absolute Gasteiger partial charge is 0.224 e. The Morgan fingerprint density at radius 3 is 2.92 bits per heavy atom. The molecule has 13 heavy (non-hydrogen) atoms. The first-order valence-corrected chi connectivity index (χ1v) is 6.02. The summed E-state index contributed by atoms with van der Waals surface area (Å²) in [4.78, 5) is 13.6. The first-order chi connectivity index (χ1) is 6.29. The van der Waals surface area contributed by atoms with Crippen LogP contribution in [0.5, 0.6) is 0 Å². The molecular weight excluding hydrogens is 184 g/mol. The van der Waals surface area contributed by atoms with Crippen molar-refractivity contribution >= 4 is 17.7 Å². The summed E-state index contributed by atoms with van der Waals surface area (Å²) in [5.41, 5.74) is 5.37. The molecule has 0 aromatic heterocycles. The van der Waals surface area contributed by atoms with Gasteiger partial charge in [-0.1, -0.05) is 0 Å². The van der Waals surface area contributed by atoms with E-state index in [0.717, 1.165) is 18.7 Å². The van der Waals surface area contributed by atoms with Gasteiger partial charge in [0.2, 0.25) is 5.91 Å². The van der Waals surface area contributed by atoms with Crippen LogP contribution in [0.1, 0.15) is 19.8 Å². The van der Waals surface area contributed by atoms with Gasteiger partial charge in [0.25, 0.3) is 0 Å². The molecule has 0 unspecified atom stereocenters. The molecule has 1 rings (SSSR count). The molecule has 0 aliphatic carbocycles. The molecule has 0 aromatic rings. The second-order valence-electron chi connectivity index (χ2n) is 3.24. The summed E-state index contributed by atoms with van der Waals surface area (Å²) >= 11 is 1.94. The zero-order valence-corrected chi connectivity index (χ0v) is 8.98. The topological polar surface area (TPSA) is 46.3 Å². The van der Waals surface area contributed by atoms with Crippen LogP contribution in [0, 0.1) is 0 Å². The normalized spacial score (nSPS) is 21.8. The fourth-order valence-electron chi connectivity index (χ4n) is 1.67. The first kappa shape index (κ1) is 10.9. The van der Waals surface area contributed by atoms with Gasteiger partial charge in [-0.3, -0.25) is 4.79 Å². The van der Waals surface area contributed by atoms with E-state index in [0.29, 0.717) is 19.0 Å². The lowest BCUT2D eigenvalue weighted by Gasteiger charge is -2.27. The number of carbonyl (C=O) groups is 1. The standard InChI is InChI=1S/C9H18N2OS/c1-2-11(9(12)3-5-10)8-4-6-13-7-8/h8H,2-7,10H2,1H3/t8-/m1/s1. The van der Waals surface area contributed by atoms with Crippen LogP contribution in [0.15, 0.2) is 0 Å². The molecule has 1 fully saturated rings. The third-order valence-corrected chi connectivity index (χ3v) is 3.51. The number of amides is 1. The van der Waals surface area contributed by atoms with Gasteiger partial charge in [-0.05, 0) is 19.1 Å². The van der Waals surface area contributed by atoms with Crippen LogP contribution in [0.2, 0.25) is 0 Å². The molecular formula is C9H18N2OS. The second-order valence-corrected chi connectivity index (χ2v) is 4.39. The van der Waals surface area contributed by atoms with Crippen LogP contribution in [0.25, 0.3) is 0 Å². The minimum absolute atomic E-state index is 0.220. The van der Waals surface area contributed by atoms with E-state index in [4.69, 9.17) is 5.73 Å². The van der Waals surface area contributed by atoms with Gasteiger partial charge in [0, 0.05) is 31.3 Å². The monoisotopic (exact) mass is 202 g/mol. The number of nitrogens with two attached hydrogens (primary N) is 1. The molecule has 1 heterocycles. The number of thioether (sulfide) groups is 1. The Morgan fingerprint density at radius 1 is 1.69 bits per heavy atom. The van der Waals surface area contributed by atoms with Gasteiger partial charge in [-0.2, -0.15) is 11.8 Å². The van der Waals surface area contributed by atoms with E-state index >= 15 is 0 Å². The molecule has 1 aliphatic heterocycles. The summed E-state index contributed by atoms with van der Waals surface area (Å²) in [6.45, 7) is 3.33. The summed E-state index contributed by atoms with van der Waals surface area (Å²) in [6, 6.07) is 0.467. The van der Waals surface area contributed by atoms with Crippen LogP contribution in [-0.2, 0) is 4.79 Å². The molecule has 0 saturated carbocycles. The summed E-state index contributed by atoms with van der Waals surface area (Å²) in [5, 5.41) is 0. The Labute approximate surface area is 84.0 Å². The number of carbonyl (C=O) groups excluding carboxylic acids is 1. The van der Waals surface area contributed by atoms with Crippen molar-refractivity contribution in [1.29, 1.82) is 0 Å². The van der Waals surface area contributed by atoms with Crippen molar-refractivity contribution < 1.29 is 4.79 Å². The van der Waals surface area contributed by atoms with Gasteiger partial charge in [0.15, 0.2) is 0 Å². The fraction of sp³-hybridized carbons (Fsp3) is 0.889. The van der Waals surface area contributed by atoms with Crippen LogP contribution in [0.3, 0.4) is 0 Å². The number of hydrogen-bond donors (Lipinski definition) is 1. The predicted octanol–water partition coefficient (Wildman–Crippen LogP) is 0.689. The van der Waals surface area contributed by atoms with E-state index in [1.54, 1.807) is 0 Å². The van der Waals surface area contributed by atoms with Crippen LogP contribution in [-0.4, -0.2) is 41.4 Å². The van der Waals surface area contributed by atoms with Gasteiger partial charge in [0.1, 0.15) is 0 Å². The highest BCUT2D eigenvalue weighted by atomic mass is 32.2. The second kappa shape index (κ2) is 5.50. The maximum atomic E-state index is 11.6. The van der Waals surface area contributed by atoms with Crippen LogP contribution >= 0.6 is 11.8 Å². The number of nitrogens with zero attached hydrogens (tertiary/aromatic N) is 1. The SMILES string of the molecule is CCN(C(=O)CCN)[C@@H]1CCSC1. The molecule has 1 saturated heterocycles. The minimum Gasteiger partial charge on any atom is -0.339 e. The van der Waals surface area contributed by atoms with Crippen molar-refractivity contribution in [2.24, 2.45) is 5.73 Å². The summed E-state index contributed by atoms with van der Waals surface area (Å²) in [6.07, 6.45) is 1.64. The fourth-order valence-corrected chi connectivity index (χ4v) is 2.90. The van der Waals surface area contributed by atoms with Crippen molar-refractivity contribution in [3.05, 3.63) is 0 Å². The molecule has 3 nitrogen and oxygen atoms in total. The van der Waals surface area contributed by atoms with Gasteiger partial charge < -0.3 is 10.6 Å². The maximum absolute atomic E-state index is 11.6. The average Bonchev–Trinajstić information content (AvgIpc) is 2.59. The zero-order chi connectivity index (χ0) is 9.68. The van der Waals surface area contributed by atoms with E-state index in [9.17, 15) is 4.79 Å². The van der Waals surface area contributed by atoms with Gasteiger partial charge in [-0.25, -0.2) is 0 Å². The Morgan fingerprint density at radius 2 is 2.46 bits per heavy atom. The van der Waals surface area contributed by atoms with Crippen LogP contribution < -0.4 is 5.73 Å². The van der Waals surface area contributed by atoms with E-state index in [1.165, 1.54) is 5.75 Å². The Bertz CT molecular complexity index is 169. The van der Waals surface area contributed by atoms with Gasteiger partial charge in [-0.15, -0.1) is 0 Å². The summed E-state index contributed by atoms with van der Waals surface area (Å²) in [7, 11) is 0. The number of rotatable bonds is 4. The largest absolute Gasteiger partial charge is 0.339 e. The first-order valence-electron chi connectivity index (χ1n) is 4.86. The minimum atomic E-state index is 0.220. The molecule has 0 spiro atoms. The summed E-state index contributed by atoms with van der Waals surface area (Å²) in [5.74, 6) is 2.51. The Kier molecular flexibility index (Phi) is 4.59. The highest BCUT2D eigenvalue weighted by molar-refractivity contribution is 7.99. The summed E-state index contributed by atoms with van der Waals surface area (Å²) < 4.78 is 0. The van der Waals surface area contributed by atoms with Gasteiger partial charge >= 0.3 is 0 Å². The van der Waals surface area contributed by atoms with E-state index in [1.807, 2.05) is 23.6 Å².